The van der Waals surface area contributed by atoms with Crippen molar-refractivity contribution in [3.05, 3.63) is 61.3 Å². The van der Waals surface area contributed by atoms with E-state index in [9.17, 15) is 4.79 Å². The largest absolute Gasteiger partial charge is 0.466 e. The predicted molar refractivity (Wildman–Crippen MR) is 105 cm³/mol. The minimum Gasteiger partial charge on any atom is -0.466 e. The predicted octanol–water partition coefficient (Wildman–Crippen LogP) is 6.47. The lowest BCUT2D eigenvalue weighted by Crippen LogP contribution is -2.02. The third-order valence-corrected chi connectivity index (χ3v) is 3.40. The van der Waals surface area contributed by atoms with Crippen LogP contribution in [0.25, 0.3) is 0 Å². The van der Waals surface area contributed by atoms with Crippen molar-refractivity contribution < 1.29 is 9.53 Å². The Morgan fingerprint density at radius 3 is 2.04 bits per heavy atom. The fourth-order valence-corrected chi connectivity index (χ4v) is 2.13. The van der Waals surface area contributed by atoms with Crippen molar-refractivity contribution in [1.82, 2.24) is 0 Å². The third kappa shape index (κ3) is 18.2. The molecular formula is C22H34O2. The summed E-state index contributed by atoms with van der Waals surface area (Å²) in [5, 5.41) is 0. The summed E-state index contributed by atoms with van der Waals surface area (Å²) in [6, 6.07) is 0. The number of rotatable bonds is 15. The molecule has 0 aromatic rings. The van der Waals surface area contributed by atoms with Crippen LogP contribution in [0.5, 0.6) is 0 Å². The van der Waals surface area contributed by atoms with Crippen LogP contribution in [0.3, 0.4) is 0 Å². The van der Waals surface area contributed by atoms with E-state index in [1.807, 2.05) is 13.0 Å². The maximum atomic E-state index is 11.2. The van der Waals surface area contributed by atoms with E-state index in [1.165, 1.54) is 12.8 Å². The Morgan fingerprint density at radius 1 is 0.833 bits per heavy atom. The van der Waals surface area contributed by atoms with Gasteiger partial charge in [-0.25, -0.2) is 0 Å². The molecule has 134 valence electrons. The molecule has 0 aromatic carbocycles. The summed E-state index contributed by atoms with van der Waals surface area (Å²) >= 11 is 0. The first-order chi connectivity index (χ1) is 11.8. The molecule has 0 unspecified atom stereocenters. The van der Waals surface area contributed by atoms with E-state index in [4.69, 9.17) is 4.74 Å². The molecular weight excluding hydrogens is 296 g/mol. The lowest BCUT2D eigenvalue weighted by molar-refractivity contribution is -0.143. The molecule has 0 atom stereocenters. The van der Waals surface area contributed by atoms with Crippen LogP contribution in [-0.2, 0) is 9.53 Å². The van der Waals surface area contributed by atoms with Gasteiger partial charge < -0.3 is 4.74 Å². The van der Waals surface area contributed by atoms with Gasteiger partial charge in [0.1, 0.15) is 0 Å². The van der Waals surface area contributed by atoms with Crippen LogP contribution in [0.1, 0.15) is 64.7 Å². The highest BCUT2D eigenvalue weighted by molar-refractivity contribution is 5.69. The number of carbonyl (C=O) groups excluding carboxylic acids is 1. The summed E-state index contributed by atoms with van der Waals surface area (Å²) in [6.07, 6.45) is 28.2. The van der Waals surface area contributed by atoms with Crippen LogP contribution in [0, 0.1) is 0 Å². The molecule has 0 aliphatic carbocycles. The average Bonchev–Trinajstić information content (AvgIpc) is 2.58. The van der Waals surface area contributed by atoms with Gasteiger partial charge in [-0.05, 0) is 45.4 Å². The first-order valence-corrected chi connectivity index (χ1v) is 9.19. The minimum atomic E-state index is -0.0627. The molecule has 0 rings (SSSR count). The number of hydrogen-bond acceptors (Lipinski definition) is 2. The Bertz CT molecular complexity index is 414. The lowest BCUT2D eigenvalue weighted by Gasteiger charge is -2.01. The molecule has 0 bridgehead atoms. The molecule has 0 aliphatic heterocycles. The average molecular weight is 331 g/mol. The molecule has 2 nitrogen and oxygen atoms in total. The summed E-state index contributed by atoms with van der Waals surface area (Å²) in [4.78, 5) is 11.2. The van der Waals surface area contributed by atoms with Gasteiger partial charge in [0.05, 0.1) is 6.61 Å². The molecule has 0 N–H and O–H groups in total. The van der Waals surface area contributed by atoms with Crippen molar-refractivity contribution in [2.75, 3.05) is 6.61 Å². The fraction of sp³-hybridized carbons (Fsp3) is 0.500. The zero-order valence-electron chi connectivity index (χ0n) is 15.3. The fourth-order valence-electron chi connectivity index (χ4n) is 2.13. The second-order valence-corrected chi connectivity index (χ2v) is 5.54. The quantitative estimate of drug-likeness (QED) is 0.149. The molecule has 2 heteroatoms. The topological polar surface area (TPSA) is 26.3 Å². The Morgan fingerprint density at radius 2 is 1.42 bits per heavy atom. The van der Waals surface area contributed by atoms with Crippen molar-refractivity contribution in [1.29, 1.82) is 0 Å². The van der Waals surface area contributed by atoms with Gasteiger partial charge >= 0.3 is 5.97 Å². The van der Waals surface area contributed by atoms with E-state index in [0.29, 0.717) is 13.0 Å². The normalized spacial score (nSPS) is 12.0. The standard InChI is InChI=1S/C22H34O2/c1-3-5-6-7-8-9-10-11-12-13-14-15-16-17-18-19-20-21-22(23)24-4-2/h3,5-6,8-9,11-12,14-15H,1,4,7,10,13,16-21H2,2H3/b6-5-,9-8-,12-11-,15-14-. The van der Waals surface area contributed by atoms with E-state index in [2.05, 4.69) is 49.1 Å². The van der Waals surface area contributed by atoms with Crippen molar-refractivity contribution in [2.45, 2.75) is 64.7 Å². The molecule has 0 radical (unpaired) electrons. The summed E-state index contributed by atoms with van der Waals surface area (Å²) in [5.41, 5.74) is 0. The van der Waals surface area contributed by atoms with Crippen LogP contribution in [0.2, 0.25) is 0 Å². The smallest absolute Gasteiger partial charge is 0.305 e. The van der Waals surface area contributed by atoms with Crippen molar-refractivity contribution in [3.8, 4) is 0 Å². The van der Waals surface area contributed by atoms with Crippen molar-refractivity contribution in [3.63, 3.8) is 0 Å². The number of esters is 1. The summed E-state index contributed by atoms with van der Waals surface area (Å²) in [7, 11) is 0. The molecule has 0 fully saturated rings. The first kappa shape index (κ1) is 22.2. The number of ether oxygens (including phenoxy) is 1. The maximum absolute atomic E-state index is 11.2. The van der Waals surface area contributed by atoms with Gasteiger partial charge in [-0.15, -0.1) is 0 Å². The molecule has 24 heavy (non-hydrogen) atoms. The Labute approximate surface area is 148 Å². The molecule has 0 aromatic heterocycles. The van der Waals surface area contributed by atoms with E-state index in [1.54, 1.807) is 6.08 Å². The Balaban J connectivity index is 3.37. The monoisotopic (exact) mass is 330 g/mol. The van der Waals surface area contributed by atoms with Crippen LogP contribution < -0.4 is 0 Å². The third-order valence-electron chi connectivity index (χ3n) is 3.40. The van der Waals surface area contributed by atoms with Gasteiger partial charge in [-0.1, -0.05) is 74.1 Å². The second-order valence-electron chi connectivity index (χ2n) is 5.54. The van der Waals surface area contributed by atoms with Gasteiger partial charge in [0, 0.05) is 6.42 Å². The van der Waals surface area contributed by atoms with E-state index >= 15 is 0 Å². The van der Waals surface area contributed by atoms with E-state index < -0.39 is 0 Å². The summed E-state index contributed by atoms with van der Waals surface area (Å²) < 4.78 is 4.90. The molecule has 0 heterocycles. The molecule has 0 spiro atoms. The van der Waals surface area contributed by atoms with Crippen molar-refractivity contribution >= 4 is 5.97 Å². The number of hydrogen-bond donors (Lipinski definition) is 0. The zero-order chi connectivity index (χ0) is 17.7. The molecule has 0 aliphatic rings. The maximum Gasteiger partial charge on any atom is 0.305 e. The molecule has 0 saturated heterocycles. The highest BCUT2D eigenvalue weighted by Crippen LogP contribution is 2.07. The number of allylic oxidation sites excluding steroid dienone is 9. The lowest BCUT2D eigenvalue weighted by atomic mass is 10.1. The summed E-state index contributed by atoms with van der Waals surface area (Å²) in [5.74, 6) is -0.0627. The van der Waals surface area contributed by atoms with Gasteiger partial charge in [0.15, 0.2) is 0 Å². The van der Waals surface area contributed by atoms with Gasteiger partial charge in [-0.3, -0.25) is 4.79 Å². The SMILES string of the molecule is C=C/C=C\C/C=C\C/C=C\C/C=C\CCCCCCC(=O)OCC. The molecule has 0 saturated carbocycles. The highest BCUT2D eigenvalue weighted by Gasteiger charge is 1.99. The first-order valence-electron chi connectivity index (χ1n) is 9.19. The second kappa shape index (κ2) is 19.2. The van der Waals surface area contributed by atoms with Gasteiger partial charge in [-0.2, -0.15) is 0 Å². The summed E-state index contributed by atoms with van der Waals surface area (Å²) in [6.45, 7) is 5.97. The zero-order valence-corrected chi connectivity index (χ0v) is 15.3. The van der Waals surface area contributed by atoms with Gasteiger partial charge in [0.2, 0.25) is 0 Å². The van der Waals surface area contributed by atoms with E-state index in [-0.39, 0.29) is 5.97 Å². The van der Waals surface area contributed by atoms with Gasteiger partial charge in [0.25, 0.3) is 0 Å². The van der Waals surface area contributed by atoms with Crippen LogP contribution in [0.4, 0.5) is 0 Å². The highest BCUT2D eigenvalue weighted by atomic mass is 16.5. The van der Waals surface area contributed by atoms with Crippen LogP contribution >= 0.6 is 0 Å². The van der Waals surface area contributed by atoms with Crippen molar-refractivity contribution in [2.24, 2.45) is 0 Å². The Hall–Kier alpha value is -1.83. The molecule has 0 amide bonds. The van der Waals surface area contributed by atoms with E-state index in [0.717, 1.165) is 38.5 Å². The Kier molecular flexibility index (Phi) is 17.8. The number of carbonyl (C=O) groups is 1. The van der Waals surface area contributed by atoms with Crippen LogP contribution in [0.15, 0.2) is 61.3 Å². The van der Waals surface area contributed by atoms with Crippen LogP contribution in [-0.4, -0.2) is 12.6 Å². The minimum absolute atomic E-state index is 0.0627. The number of unbranched alkanes of at least 4 members (excludes halogenated alkanes) is 4.